The van der Waals surface area contributed by atoms with E-state index in [0.717, 1.165) is 32.9 Å². The van der Waals surface area contributed by atoms with E-state index in [4.69, 9.17) is 29.6 Å². The minimum absolute atomic E-state index is 0.412. The average Bonchev–Trinajstić information content (AvgIpc) is 2.95. The Bertz CT molecular complexity index is 847. The summed E-state index contributed by atoms with van der Waals surface area (Å²) in [4.78, 5) is 0.412. The van der Waals surface area contributed by atoms with Crippen LogP contribution < -0.4 is 5.73 Å². The van der Waals surface area contributed by atoms with Crippen LogP contribution in [-0.2, 0) is 13.6 Å². The van der Waals surface area contributed by atoms with Gasteiger partial charge in [-0.3, -0.25) is 4.68 Å². The first-order chi connectivity index (χ1) is 9.97. The van der Waals surface area contributed by atoms with E-state index in [1.54, 1.807) is 0 Å². The third kappa shape index (κ3) is 2.43. The first-order valence-corrected chi connectivity index (χ1v) is 7.32. The number of rotatable bonds is 3. The lowest BCUT2D eigenvalue weighted by atomic mass is 10.1. The Balaban J connectivity index is 2.03. The first-order valence-electron chi connectivity index (χ1n) is 6.54. The predicted octanol–water partition coefficient (Wildman–Crippen LogP) is 3.02. The van der Waals surface area contributed by atoms with Crippen LogP contribution in [0, 0.1) is 6.92 Å². The Labute approximate surface area is 133 Å². The third-order valence-corrected chi connectivity index (χ3v) is 4.36. The second-order valence-corrected chi connectivity index (χ2v) is 5.87. The van der Waals surface area contributed by atoms with E-state index in [2.05, 4.69) is 9.67 Å². The molecule has 4 nitrogen and oxygen atoms in total. The molecule has 0 aliphatic carbocycles. The Kier molecular flexibility index (Phi) is 3.47. The SMILES string of the molecule is Cc1nn(C)c(Cn2ccc3cc(C(N)=S)ccc32)c1Cl. The molecule has 2 heterocycles. The van der Waals surface area contributed by atoms with Crippen LogP contribution in [0.15, 0.2) is 30.5 Å². The summed E-state index contributed by atoms with van der Waals surface area (Å²) in [5.74, 6) is 0. The molecule has 0 aliphatic heterocycles. The summed E-state index contributed by atoms with van der Waals surface area (Å²) in [5.41, 5.74) is 9.51. The minimum Gasteiger partial charge on any atom is -0.389 e. The zero-order valence-electron chi connectivity index (χ0n) is 11.8. The van der Waals surface area contributed by atoms with Crippen molar-refractivity contribution in [2.24, 2.45) is 12.8 Å². The predicted molar refractivity (Wildman–Crippen MR) is 89.9 cm³/mol. The highest BCUT2D eigenvalue weighted by Crippen LogP contribution is 2.23. The van der Waals surface area contributed by atoms with Gasteiger partial charge in [-0.1, -0.05) is 23.8 Å². The van der Waals surface area contributed by atoms with Gasteiger partial charge in [-0.25, -0.2) is 0 Å². The number of hydrogen-bond acceptors (Lipinski definition) is 2. The van der Waals surface area contributed by atoms with Crippen LogP contribution in [0.2, 0.25) is 5.02 Å². The van der Waals surface area contributed by atoms with Gasteiger partial charge in [0.25, 0.3) is 0 Å². The second-order valence-electron chi connectivity index (χ2n) is 5.05. The summed E-state index contributed by atoms with van der Waals surface area (Å²) < 4.78 is 3.97. The maximum absolute atomic E-state index is 6.32. The number of halogens is 1. The van der Waals surface area contributed by atoms with Gasteiger partial charge >= 0.3 is 0 Å². The summed E-state index contributed by atoms with van der Waals surface area (Å²) in [6, 6.07) is 8.02. The summed E-state index contributed by atoms with van der Waals surface area (Å²) >= 11 is 11.3. The fourth-order valence-electron chi connectivity index (χ4n) is 2.50. The number of aryl methyl sites for hydroxylation is 2. The van der Waals surface area contributed by atoms with Crippen molar-refractivity contribution < 1.29 is 0 Å². The summed E-state index contributed by atoms with van der Waals surface area (Å²) in [6.07, 6.45) is 2.03. The van der Waals surface area contributed by atoms with E-state index in [0.29, 0.717) is 11.5 Å². The van der Waals surface area contributed by atoms with Gasteiger partial charge in [0.15, 0.2) is 0 Å². The van der Waals surface area contributed by atoms with Gasteiger partial charge in [0.2, 0.25) is 0 Å². The molecule has 0 atom stereocenters. The van der Waals surface area contributed by atoms with E-state index >= 15 is 0 Å². The van der Waals surface area contributed by atoms with E-state index in [9.17, 15) is 0 Å². The van der Waals surface area contributed by atoms with Gasteiger partial charge in [0.05, 0.1) is 23.0 Å². The van der Waals surface area contributed by atoms with Crippen molar-refractivity contribution in [2.45, 2.75) is 13.5 Å². The average molecular weight is 319 g/mol. The maximum atomic E-state index is 6.32. The molecule has 0 spiro atoms. The first kappa shape index (κ1) is 14.1. The topological polar surface area (TPSA) is 48.8 Å². The van der Waals surface area contributed by atoms with E-state index in [1.807, 2.05) is 49.1 Å². The molecular weight excluding hydrogens is 304 g/mol. The fourth-order valence-corrected chi connectivity index (χ4v) is 2.85. The number of nitrogens with two attached hydrogens (primary N) is 1. The molecule has 0 amide bonds. The lowest BCUT2D eigenvalue weighted by Crippen LogP contribution is -2.09. The van der Waals surface area contributed by atoms with Crippen molar-refractivity contribution in [3.05, 3.63) is 52.4 Å². The highest BCUT2D eigenvalue weighted by molar-refractivity contribution is 7.80. The fraction of sp³-hybridized carbons (Fsp3) is 0.200. The number of benzene rings is 1. The summed E-state index contributed by atoms with van der Waals surface area (Å²) in [5, 5.41) is 6.17. The van der Waals surface area contributed by atoms with Crippen LogP contribution in [0.5, 0.6) is 0 Å². The zero-order valence-corrected chi connectivity index (χ0v) is 13.4. The van der Waals surface area contributed by atoms with Crippen LogP contribution in [0.25, 0.3) is 10.9 Å². The molecule has 0 fully saturated rings. The van der Waals surface area contributed by atoms with Crippen molar-refractivity contribution in [1.82, 2.24) is 14.3 Å². The highest BCUT2D eigenvalue weighted by atomic mass is 35.5. The van der Waals surface area contributed by atoms with E-state index in [-0.39, 0.29) is 0 Å². The number of hydrogen-bond donors (Lipinski definition) is 1. The lowest BCUT2D eigenvalue weighted by molar-refractivity contribution is 0.673. The quantitative estimate of drug-likeness (QED) is 0.755. The monoisotopic (exact) mass is 318 g/mol. The molecule has 2 N–H and O–H groups in total. The van der Waals surface area contributed by atoms with Crippen LogP contribution >= 0.6 is 23.8 Å². The third-order valence-electron chi connectivity index (χ3n) is 3.64. The Morgan fingerprint density at radius 2 is 2.14 bits per heavy atom. The van der Waals surface area contributed by atoms with Crippen LogP contribution in [0.1, 0.15) is 17.0 Å². The summed E-state index contributed by atoms with van der Waals surface area (Å²) in [7, 11) is 1.91. The van der Waals surface area contributed by atoms with Crippen molar-refractivity contribution in [3.63, 3.8) is 0 Å². The molecule has 0 saturated heterocycles. The van der Waals surface area contributed by atoms with Crippen molar-refractivity contribution in [2.75, 3.05) is 0 Å². The van der Waals surface area contributed by atoms with E-state index in [1.165, 1.54) is 0 Å². The zero-order chi connectivity index (χ0) is 15.1. The molecule has 0 saturated carbocycles. The smallest absolute Gasteiger partial charge is 0.104 e. The van der Waals surface area contributed by atoms with Gasteiger partial charge in [0, 0.05) is 29.7 Å². The van der Waals surface area contributed by atoms with E-state index < -0.39 is 0 Å². The molecule has 3 rings (SSSR count). The molecule has 108 valence electrons. The van der Waals surface area contributed by atoms with Crippen molar-refractivity contribution in [3.8, 4) is 0 Å². The number of thiocarbonyl (C=S) groups is 1. The lowest BCUT2D eigenvalue weighted by Gasteiger charge is -2.07. The highest BCUT2D eigenvalue weighted by Gasteiger charge is 2.12. The maximum Gasteiger partial charge on any atom is 0.104 e. The largest absolute Gasteiger partial charge is 0.389 e. The molecular formula is C15H15ClN4S. The molecule has 6 heteroatoms. The van der Waals surface area contributed by atoms with Gasteiger partial charge in [-0.05, 0) is 31.2 Å². The molecule has 0 radical (unpaired) electrons. The summed E-state index contributed by atoms with van der Waals surface area (Å²) in [6.45, 7) is 2.58. The number of fused-ring (bicyclic) bond motifs is 1. The second kappa shape index (κ2) is 5.16. The molecule has 1 aromatic carbocycles. The van der Waals surface area contributed by atoms with Gasteiger partial charge in [-0.15, -0.1) is 0 Å². The van der Waals surface area contributed by atoms with Gasteiger partial charge in [-0.2, -0.15) is 5.10 Å². The Morgan fingerprint density at radius 3 is 2.76 bits per heavy atom. The molecule has 21 heavy (non-hydrogen) atoms. The van der Waals surface area contributed by atoms with Gasteiger partial charge in [0.1, 0.15) is 4.99 Å². The van der Waals surface area contributed by atoms with Crippen LogP contribution in [-0.4, -0.2) is 19.3 Å². The van der Waals surface area contributed by atoms with Gasteiger partial charge < -0.3 is 10.3 Å². The van der Waals surface area contributed by atoms with Crippen molar-refractivity contribution >= 4 is 39.7 Å². The molecule has 3 aromatic rings. The molecule has 2 aromatic heterocycles. The molecule has 0 aliphatic rings. The number of aromatic nitrogens is 3. The Morgan fingerprint density at radius 1 is 1.38 bits per heavy atom. The normalized spacial score (nSPS) is 11.2. The molecule has 0 bridgehead atoms. The minimum atomic E-state index is 0.412. The molecule has 0 unspecified atom stereocenters. The van der Waals surface area contributed by atoms with Crippen LogP contribution in [0.3, 0.4) is 0 Å². The Hall–Kier alpha value is -1.85. The van der Waals surface area contributed by atoms with Crippen LogP contribution in [0.4, 0.5) is 0 Å². The standard InChI is InChI=1S/C15H15ClN4S/c1-9-14(16)13(19(2)18-9)8-20-6-5-10-7-11(15(17)21)3-4-12(10)20/h3-7H,8H2,1-2H3,(H2,17,21). The number of nitrogens with zero attached hydrogens (tertiary/aromatic N) is 3. The van der Waals surface area contributed by atoms with Crippen molar-refractivity contribution in [1.29, 1.82) is 0 Å².